The fourth-order valence-electron chi connectivity index (χ4n) is 4.65. The Balaban J connectivity index is 2.35. The van der Waals surface area contributed by atoms with Gasteiger partial charge >= 0.3 is 15.7 Å². The van der Waals surface area contributed by atoms with Crippen LogP contribution in [-0.2, 0) is 28.0 Å². The monoisotopic (exact) mass is 626 g/mol. The highest BCUT2D eigenvalue weighted by atomic mass is 32.2. The van der Waals surface area contributed by atoms with Crippen molar-refractivity contribution in [2.75, 3.05) is 12.5 Å². The number of hydrogen-bond acceptors (Lipinski definition) is 6. The molecule has 0 aromatic heterocycles. The molecule has 0 N–H and O–H groups in total. The third-order valence-corrected chi connectivity index (χ3v) is 24.0. The lowest BCUT2D eigenvalue weighted by Gasteiger charge is -2.45. The molecular weight excluding hydrogens is 605 g/mol. The predicted octanol–water partition coefficient (Wildman–Crippen LogP) is 2.09. The second-order valence-corrected chi connectivity index (χ2v) is 22.4. The topological polar surface area (TPSA) is 86.7 Å². The van der Waals surface area contributed by atoms with E-state index in [1.165, 1.54) is 48.5 Å². The molecule has 0 aliphatic carbocycles. The van der Waals surface area contributed by atoms with Crippen molar-refractivity contribution >= 4 is 56.7 Å². The Morgan fingerprint density at radius 2 is 0.600 bits per heavy atom. The quantitative estimate of drug-likeness (QED) is 0.209. The second-order valence-electron chi connectivity index (χ2n) is 8.96. The average molecular weight is 627 g/mol. The first-order chi connectivity index (χ1) is 18.7. The molecule has 0 heterocycles. The molecule has 0 amide bonds. The van der Waals surface area contributed by atoms with Gasteiger partial charge in [0.25, 0.3) is 20.2 Å². The van der Waals surface area contributed by atoms with Crippen molar-refractivity contribution in [3.63, 3.8) is 0 Å². The van der Waals surface area contributed by atoms with Crippen molar-refractivity contribution < 1.29 is 42.1 Å². The minimum Gasteiger partial charge on any atom is -0.304 e. The van der Waals surface area contributed by atoms with E-state index in [1.54, 1.807) is 0 Å². The van der Waals surface area contributed by atoms with Crippen molar-refractivity contribution in [1.82, 2.24) is 0 Å². The van der Waals surface area contributed by atoms with Crippen LogP contribution in [0.1, 0.15) is 0 Å². The zero-order valence-electron chi connectivity index (χ0n) is 21.0. The molecule has 6 nitrogen and oxygen atoms in total. The van der Waals surface area contributed by atoms with Crippen molar-refractivity contribution in [2.24, 2.45) is 0 Å². The normalized spacial score (nSPS) is 12.8. The molecule has 4 aromatic rings. The zero-order chi connectivity index (χ0) is 29.3. The maximum absolute atomic E-state index is 14.2. The van der Waals surface area contributed by atoms with Crippen molar-refractivity contribution in [1.29, 1.82) is 0 Å². The van der Waals surface area contributed by atoms with E-state index in [0.717, 1.165) is 61.0 Å². The Morgan fingerprint density at radius 1 is 0.425 bits per heavy atom. The summed E-state index contributed by atoms with van der Waals surface area (Å²) in [5.74, 6) is -2.76. The Hall–Kier alpha value is -3.15. The molecular formula is C26H22F4O6S2Si2. The van der Waals surface area contributed by atoms with Crippen LogP contribution in [0, 0.1) is 23.3 Å². The molecule has 0 bridgehead atoms. The summed E-state index contributed by atoms with van der Waals surface area (Å²) >= 11 is 0. The Morgan fingerprint density at radius 3 is 0.750 bits per heavy atom. The minimum absolute atomic E-state index is 0.0508. The Bertz CT molecular complexity index is 1490. The van der Waals surface area contributed by atoms with Crippen LogP contribution in [0.15, 0.2) is 97.1 Å². The summed E-state index contributed by atoms with van der Waals surface area (Å²) in [6.07, 6.45) is 1.49. The molecule has 0 aliphatic rings. The molecule has 4 aromatic carbocycles. The molecule has 4 rings (SSSR count). The second kappa shape index (κ2) is 11.0. The van der Waals surface area contributed by atoms with E-state index in [4.69, 9.17) is 7.74 Å². The molecule has 0 aliphatic heterocycles. The molecule has 14 heteroatoms. The van der Waals surface area contributed by atoms with Crippen LogP contribution in [0.2, 0.25) is 0 Å². The molecule has 0 atom stereocenters. The summed E-state index contributed by atoms with van der Waals surface area (Å²) in [7, 11) is -18.5. The van der Waals surface area contributed by atoms with Gasteiger partial charge < -0.3 is 7.74 Å². The minimum atomic E-state index is -4.76. The molecule has 0 radical (unpaired) electrons. The Labute approximate surface area is 231 Å². The summed E-state index contributed by atoms with van der Waals surface area (Å²) in [5.41, 5.74) is 0. The lowest BCUT2D eigenvalue weighted by atomic mass is 10.3. The smallest absolute Gasteiger partial charge is 0.304 e. The molecule has 0 saturated heterocycles. The Kier molecular flexibility index (Phi) is 8.22. The van der Waals surface area contributed by atoms with Crippen LogP contribution in [0.25, 0.3) is 0 Å². The van der Waals surface area contributed by atoms with Crippen LogP contribution in [0.3, 0.4) is 0 Å². The van der Waals surface area contributed by atoms with Crippen molar-refractivity contribution in [2.45, 2.75) is 0 Å². The van der Waals surface area contributed by atoms with E-state index < -0.39 is 59.2 Å². The van der Waals surface area contributed by atoms with Gasteiger partial charge in [-0.1, -0.05) is 48.5 Å². The third kappa shape index (κ3) is 5.96. The van der Waals surface area contributed by atoms with Gasteiger partial charge in [0.05, 0.1) is 12.5 Å². The maximum atomic E-state index is 14.2. The maximum Gasteiger partial charge on any atom is 0.307 e. The van der Waals surface area contributed by atoms with Gasteiger partial charge in [0.15, 0.2) is 0 Å². The van der Waals surface area contributed by atoms with E-state index in [2.05, 4.69) is 0 Å². The highest BCUT2D eigenvalue weighted by molar-refractivity contribution is 7.90. The molecule has 210 valence electrons. The van der Waals surface area contributed by atoms with Gasteiger partial charge in [-0.3, -0.25) is 0 Å². The molecule has 40 heavy (non-hydrogen) atoms. The number of benzene rings is 4. The van der Waals surface area contributed by atoms with Crippen molar-refractivity contribution in [3.05, 3.63) is 120 Å². The van der Waals surface area contributed by atoms with Gasteiger partial charge in [0, 0.05) is 0 Å². The fourth-order valence-corrected chi connectivity index (χ4v) is 27.3. The fraction of sp³-hybridized carbons (Fsp3) is 0.0769. The van der Waals surface area contributed by atoms with Gasteiger partial charge in [0.2, 0.25) is 0 Å². The van der Waals surface area contributed by atoms with E-state index in [9.17, 15) is 34.4 Å². The van der Waals surface area contributed by atoms with Crippen molar-refractivity contribution in [3.8, 4) is 0 Å². The summed E-state index contributed by atoms with van der Waals surface area (Å²) in [4.78, 5) is 0. The molecule has 0 unspecified atom stereocenters. The van der Waals surface area contributed by atoms with E-state index in [1.807, 2.05) is 0 Å². The van der Waals surface area contributed by atoms with Crippen LogP contribution in [-0.4, -0.2) is 45.0 Å². The largest absolute Gasteiger partial charge is 0.307 e. The summed E-state index contributed by atoms with van der Waals surface area (Å²) in [6, 6.07) is 18.1. The van der Waals surface area contributed by atoms with Gasteiger partial charge in [-0.05, 0) is 69.3 Å². The van der Waals surface area contributed by atoms with Crippen LogP contribution in [0.5, 0.6) is 0 Å². The lowest BCUT2D eigenvalue weighted by molar-refractivity contribution is 0.482. The summed E-state index contributed by atoms with van der Waals surface area (Å²) < 4.78 is 121. The van der Waals surface area contributed by atoms with E-state index >= 15 is 0 Å². The highest BCUT2D eigenvalue weighted by Crippen LogP contribution is 2.27. The first-order valence-corrected chi connectivity index (χ1v) is 20.0. The SMILES string of the molecule is CS(=O)(=O)O[Si](c1ccc(F)cc1)(c1ccc(F)cc1)[Si](OS(C)(=O)=O)(c1ccc(F)cc1)c1ccc(F)cc1. The molecule has 0 fully saturated rings. The number of rotatable bonds is 9. The van der Waals surface area contributed by atoms with E-state index in [-0.39, 0.29) is 20.7 Å². The molecule has 0 spiro atoms. The van der Waals surface area contributed by atoms with Gasteiger partial charge in [-0.15, -0.1) is 0 Å². The number of hydrogen-bond donors (Lipinski definition) is 0. The number of halogens is 4. The average Bonchev–Trinajstić information content (AvgIpc) is 2.87. The first-order valence-electron chi connectivity index (χ1n) is 11.5. The highest BCUT2D eigenvalue weighted by Gasteiger charge is 2.68. The summed E-state index contributed by atoms with van der Waals surface area (Å²) in [5, 5.41) is 0.203. The van der Waals surface area contributed by atoms with Crippen LogP contribution in [0.4, 0.5) is 17.6 Å². The van der Waals surface area contributed by atoms with Gasteiger partial charge in [-0.25, -0.2) is 34.4 Å². The molecule has 0 saturated carbocycles. The van der Waals surface area contributed by atoms with E-state index in [0.29, 0.717) is 0 Å². The van der Waals surface area contributed by atoms with Crippen LogP contribution < -0.4 is 20.7 Å². The lowest BCUT2D eigenvalue weighted by Crippen LogP contribution is -2.88. The third-order valence-electron chi connectivity index (χ3n) is 6.05. The van der Waals surface area contributed by atoms with Crippen LogP contribution >= 0.6 is 0 Å². The predicted molar refractivity (Wildman–Crippen MR) is 148 cm³/mol. The zero-order valence-corrected chi connectivity index (χ0v) is 24.6. The van der Waals surface area contributed by atoms with Gasteiger partial charge in [0.1, 0.15) is 23.3 Å². The first kappa shape index (κ1) is 29.8. The summed E-state index contributed by atoms with van der Waals surface area (Å²) in [6.45, 7) is 0. The standard InChI is InChI=1S/C26H22F4O6S2Si2/c1-37(31,32)35-39(23-11-3-19(27)4-12-23,24-13-5-20(28)6-14-24)40(36-38(2,33)34,25-15-7-21(29)8-16-25)26-17-9-22(30)10-18-26/h3-18H,1-2H3. The van der Waals surface area contributed by atoms with Gasteiger partial charge in [-0.2, -0.15) is 0 Å².